The molecular weight excluding hydrogens is 208 g/mol. The third kappa shape index (κ3) is 8.06. The predicted molar refractivity (Wildman–Crippen MR) is 69.8 cm³/mol. The minimum absolute atomic E-state index is 0.654. The molecule has 0 aliphatic carbocycles. The molecule has 0 rings (SSSR count). The van der Waals surface area contributed by atoms with Gasteiger partial charge in [-0.05, 0) is 47.0 Å². The van der Waals surface area contributed by atoms with Crippen molar-refractivity contribution >= 4 is 11.6 Å². The summed E-state index contributed by atoms with van der Waals surface area (Å²) in [5.41, 5.74) is 0. The van der Waals surface area contributed by atoms with Gasteiger partial charge in [-0.25, -0.2) is 0 Å². The fourth-order valence-electron chi connectivity index (χ4n) is 1.92. The van der Waals surface area contributed by atoms with Crippen LogP contribution in [0.5, 0.6) is 0 Å². The summed E-state index contributed by atoms with van der Waals surface area (Å²) in [6.07, 6.45) is 3.69. The minimum atomic E-state index is 0.654. The summed E-state index contributed by atoms with van der Waals surface area (Å²) in [6, 6.07) is 0.654. The Balaban J connectivity index is 3.70. The number of unbranched alkanes of at least 4 members (excludes halogenated alkanes) is 2. The third-order valence-electron chi connectivity index (χ3n) is 2.74. The summed E-state index contributed by atoms with van der Waals surface area (Å²) in [5, 5.41) is 0. The highest BCUT2D eigenvalue weighted by Crippen LogP contribution is 2.05. The first-order valence-electron chi connectivity index (χ1n) is 6.06. The number of likely N-dealkylation sites (N-methyl/N-ethyl adjacent to an activating group) is 2. The molecule has 0 fully saturated rings. The second-order valence-electron chi connectivity index (χ2n) is 4.49. The van der Waals surface area contributed by atoms with Gasteiger partial charge in [0.05, 0.1) is 0 Å². The van der Waals surface area contributed by atoms with Crippen molar-refractivity contribution in [1.29, 1.82) is 0 Å². The van der Waals surface area contributed by atoms with Gasteiger partial charge in [0.1, 0.15) is 0 Å². The van der Waals surface area contributed by atoms with Crippen molar-refractivity contribution in [2.24, 2.45) is 0 Å². The van der Waals surface area contributed by atoms with E-state index in [2.05, 4.69) is 37.7 Å². The Hall–Kier alpha value is 0.210. The molecule has 0 aliphatic heterocycles. The molecule has 0 aromatic rings. The Morgan fingerprint density at radius 3 is 2.27 bits per heavy atom. The molecule has 0 bridgehead atoms. The molecule has 3 heteroatoms. The lowest BCUT2D eigenvalue weighted by Gasteiger charge is -2.29. The highest BCUT2D eigenvalue weighted by molar-refractivity contribution is 6.17. The number of hydrogen-bond donors (Lipinski definition) is 0. The Morgan fingerprint density at radius 1 is 1.13 bits per heavy atom. The first-order valence-corrected chi connectivity index (χ1v) is 6.60. The van der Waals surface area contributed by atoms with Crippen molar-refractivity contribution < 1.29 is 0 Å². The number of rotatable bonds is 9. The van der Waals surface area contributed by atoms with Gasteiger partial charge in [-0.1, -0.05) is 13.3 Å². The number of halogens is 1. The van der Waals surface area contributed by atoms with Crippen LogP contribution < -0.4 is 0 Å². The van der Waals surface area contributed by atoms with E-state index in [1.807, 2.05) is 0 Å². The second kappa shape index (κ2) is 9.44. The molecule has 0 saturated heterocycles. The third-order valence-corrected chi connectivity index (χ3v) is 3.01. The molecule has 0 amide bonds. The molecule has 1 atom stereocenters. The average molecular weight is 235 g/mol. The van der Waals surface area contributed by atoms with Crippen molar-refractivity contribution in [2.45, 2.75) is 39.2 Å². The van der Waals surface area contributed by atoms with Crippen molar-refractivity contribution in [3.8, 4) is 0 Å². The highest BCUT2D eigenvalue weighted by atomic mass is 35.5. The minimum Gasteiger partial charge on any atom is -0.308 e. The Morgan fingerprint density at radius 2 is 1.80 bits per heavy atom. The molecule has 0 saturated carbocycles. The summed E-state index contributed by atoms with van der Waals surface area (Å²) in [6.45, 7) is 8.06. The normalized spacial score (nSPS) is 13.8. The maximum absolute atomic E-state index is 5.66. The van der Waals surface area contributed by atoms with Crippen LogP contribution in [0.2, 0.25) is 0 Å². The molecule has 0 aliphatic rings. The van der Waals surface area contributed by atoms with Gasteiger partial charge in [0.25, 0.3) is 0 Å². The van der Waals surface area contributed by atoms with E-state index >= 15 is 0 Å². The van der Waals surface area contributed by atoms with Crippen LogP contribution in [0.1, 0.15) is 33.1 Å². The molecule has 0 radical (unpaired) electrons. The van der Waals surface area contributed by atoms with Gasteiger partial charge in [0.15, 0.2) is 0 Å². The Bertz CT molecular complexity index is 140. The molecule has 2 nitrogen and oxygen atoms in total. The molecule has 15 heavy (non-hydrogen) atoms. The summed E-state index contributed by atoms with van der Waals surface area (Å²) in [7, 11) is 4.27. The first kappa shape index (κ1) is 15.2. The maximum atomic E-state index is 5.66. The van der Waals surface area contributed by atoms with E-state index in [-0.39, 0.29) is 0 Å². The first-order chi connectivity index (χ1) is 7.11. The van der Waals surface area contributed by atoms with Gasteiger partial charge < -0.3 is 4.90 Å². The molecule has 0 aromatic heterocycles. The van der Waals surface area contributed by atoms with Crippen LogP contribution in [0.3, 0.4) is 0 Å². The van der Waals surface area contributed by atoms with Crippen LogP contribution in [0.15, 0.2) is 0 Å². The van der Waals surface area contributed by atoms with Crippen molar-refractivity contribution in [3.05, 3.63) is 0 Å². The van der Waals surface area contributed by atoms with E-state index in [0.29, 0.717) is 6.04 Å². The SMILES string of the molecule is CCN(CCCCCCl)C(C)CN(C)C. The lowest BCUT2D eigenvalue weighted by atomic mass is 10.2. The summed E-state index contributed by atoms with van der Waals surface area (Å²) in [5.74, 6) is 0.805. The Kier molecular flexibility index (Phi) is 9.57. The van der Waals surface area contributed by atoms with Gasteiger partial charge in [-0.15, -0.1) is 11.6 Å². The van der Waals surface area contributed by atoms with Crippen LogP contribution in [0.4, 0.5) is 0 Å². The van der Waals surface area contributed by atoms with Crippen molar-refractivity contribution in [3.63, 3.8) is 0 Å². The molecule has 0 heterocycles. The average Bonchev–Trinajstić information content (AvgIpc) is 2.16. The fraction of sp³-hybridized carbons (Fsp3) is 1.00. The lowest BCUT2D eigenvalue weighted by Crippen LogP contribution is -2.40. The van der Waals surface area contributed by atoms with Crippen LogP contribution in [0, 0.1) is 0 Å². The maximum Gasteiger partial charge on any atom is 0.0223 e. The van der Waals surface area contributed by atoms with Gasteiger partial charge in [0, 0.05) is 18.5 Å². The van der Waals surface area contributed by atoms with Gasteiger partial charge in [-0.3, -0.25) is 4.90 Å². The van der Waals surface area contributed by atoms with E-state index in [1.54, 1.807) is 0 Å². The van der Waals surface area contributed by atoms with Gasteiger partial charge in [-0.2, -0.15) is 0 Å². The summed E-state index contributed by atoms with van der Waals surface area (Å²) < 4.78 is 0. The lowest BCUT2D eigenvalue weighted by molar-refractivity contribution is 0.179. The number of nitrogens with zero attached hydrogens (tertiary/aromatic N) is 2. The van der Waals surface area contributed by atoms with E-state index < -0.39 is 0 Å². The van der Waals surface area contributed by atoms with Gasteiger partial charge in [0.2, 0.25) is 0 Å². The molecule has 1 unspecified atom stereocenters. The van der Waals surface area contributed by atoms with E-state index in [4.69, 9.17) is 11.6 Å². The molecule has 0 N–H and O–H groups in total. The molecular formula is C12H27ClN2. The van der Waals surface area contributed by atoms with Crippen LogP contribution in [0.25, 0.3) is 0 Å². The van der Waals surface area contributed by atoms with Gasteiger partial charge >= 0.3 is 0 Å². The smallest absolute Gasteiger partial charge is 0.0223 e. The van der Waals surface area contributed by atoms with E-state index in [9.17, 15) is 0 Å². The predicted octanol–water partition coefficient (Wildman–Crippen LogP) is 2.67. The number of hydrogen-bond acceptors (Lipinski definition) is 2. The standard InChI is InChI=1S/C12H27ClN2/c1-5-15(10-8-6-7-9-13)12(2)11-14(3)4/h12H,5-11H2,1-4H3. The Labute approximate surface area is 101 Å². The quantitative estimate of drug-likeness (QED) is 0.447. The summed E-state index contributed by atoms with van der Waals surface area (Å²) >= 11 is 5.66. The van der Waals surface area contributed by atoms with E-state index in [1.165, 1.54) is 19.4 Å². The number of alkyl halides is 1. The fourth-order valence-corrected chi connectivity index (χ4v) is 2.11. The monoisotopic (exact) mass is 234 g/mol. The van der Waals surface area contributed by atoms with Crippen molar-refractivity contribution in [1.82, 2.24) is 9.80 Å². The molecule has 0 aromatic carbocycles. The van der Waals surface area contributed by atoms with Crippen LogP contribution in [-0.4, -0.2) is 55.5 Å². The van der Waals surface area contributed by atoms with Crippen LogP contribution >= 0.6 is 11.6 Å². The molecule has 92 valence electrons. The van der Waals surface area contributed by atoms with E-state index in [0.717, 1.165) is 25.4 Å². The van der Waals surface area contributed by atoms with Crippen LogP contribution in [-0.2, 0) is 0 Å². The summed E-state index contributed by atoms with van der Waals surface area (Å²) in [4.78, 5) is 4.81. The second-order valence-corrected chi connectivity index (χ2v) is 4.87. The largest absolute Gasteiger partial charge is 0.308 e. The zero-order chi connectivity index (χ0) is 11.7. The zero-order valence-electron chi connectivity index (χ0n) is 10.8. The molecule has 0 spiro atoms. The van der Waals surface area contributed by atoms with Crippen molar-refractivity contribution in [2.75, 3.05) is 39.6 Å². The zero-order valence-corrected chi connectivity index (χ0v) is 11.6. The topological polar surface area (TPSA) is 6.48 Å². The highest BCUT2D eigenvalue weighted by Gasteiger charge is 2.11.